The minimum atomic E-state index is -0.168. The fourth-order valence-electron chi connectivity index (χ4n) is 2.15. The lowest BCUT2D eigenvalue weighted by atomic mass is 10.1. The van der Waals surface area contributed by atoms with Gasteiger partial charge in [0.15, 0.2) is 11.5 Å². The van der Waals surface area contributed by atoms with Gasteiger partial charge in [-0.1, -0.05) is 12.1 Å². The van der Waals surface area contributed by atoms with Crippen LogP contribution in [0.2, 0.25) is 0 Å². The van der Waals surface area contributed by atoms with Crippen LogP contribution in [-0.2, 0) is 0 Å². The van der Waals surface area contributed by atoms with Gasteiger partial charge in [-0.3, -0.25) is 4.79 Å². The van der Waals surface area contributed by atoms with E-state index < -0.39 is 0 Å². The third-order valence-corrected chi connectivity index (χ3v) is 3.25. The molecule has 0 unspecified atom stereocenters. The summed E-state index contributed by atoms with van der Waals surface area (Å²) in [5.74, 6) is 0.985. The quantitative estimate of drug-likeness (QED) is 0.934. The predicted molar refractivity (Wildman–Crippen MR) is 83.4 cm³/mol. The zero-order valence-corrected chi connectivity index (χ0v) is 12.7. The third-order valence-electron chi connectivity index (χ3n) is 3.25. The number of rotatable bonds is 4. The van der Waals surface area contributed by atoms with Crippen molar-refractivity contribution in [2.45, 2.75) is 13.8 Å². The van der Waals surface area contributed by atoms with Crippen LogP contribution in [0.4, 0.5) is 5.69 Å². The van der Waals surface area contributed by atoms with Gasteiger partial charge < -0.3 is 14.8 Å². The van der Waals surface area contributed by atoms with Gasteiger partial charge in [0.1, 0.15) is 0 Å². The van der Waals surface area contributed by atoms with Gasteiger partial charge in [0.05, 0.1) is 14.2 Å². The van der Waals surface area contributed by atoms with Crippen molar-refractivity contribution in [2.75, 3.05) is 19.5 Å². The van der Waals surface area contributed by atoms with Gasteiger partial charge in [0.25, 0.3) is 5.91 Å². The topological polar surface area (TPSA) is 47.6 Å². The van der Waals surface area contributed by atoms with Crippen molar-refractivity contribution in [3.8, 4) is 11.5 Å². The molecule has 0 saturated carbocycles. The zero-order valence-electron chi connectivity index (χ0n) is 12.7. The van der Waals surface area contributed by atoms with E-state index in [1.807, 2.05) is 38.1 Å². The average Bonchev–Trinajstić information content (AvgIpc) is 2.46. The SMILES string of the molecule is COc1cc(C)c(C(=O)Nc2cccc(C)c2)cc1OC. The second-order valence-corrected chi connectivity index (χ2v) is 4.85. The van der Waals surface area contributed by atoms with E-state index in [4.69, 9.17) is 9.47 Å². The number of carbonyl (C=O) groups excluding carboxylic acids is 1. The lowest BCUT2D eigenvalue weighted by molar-refractivity contribution is 0.102. The third kappa shape index (κ3) is 3.34. The van der Waals surface area contributed by atoms with Gasteiger partial charge in [-0.05, 0) is 49.2 Å². The number of amides is 1. The summed E-state index contributed by atoms with van der Waals surface area (Å²) in [5.41, 5.74) is 3.26. The molecule has 0 aliphatic heterocycles. The summed E-state index contributed by atoms with van der Waals surface area (Å²) >= 11 is 0. The van der Waals surface area contributed by atoms with E-state index in [1.54, 1.807) is 26.4 Å². The van der Waals surface area contributed by atoms with Crippen LogP contribution in [-0.4, -0.2) is 20.1 Å². The van der Waals surface area contributed by atoms with Gasteiger partial charge in [-0.25, -0.2) is 0 Å². The molecule has 0 aliphatic rings. The summed E-state index contributed by atoms with van der Waals surface area (Å²) in [5, 5.41) is 2.89. The molecule has 0 aromatic heterocycles. The molecular weight excluding hydrogens is 266 g/mol. The average molecular weight is 285 g/mol. The van der Waals surface area contributed by atoms with Gasteiger partial charge in [-0.2, -0.15) is 0 Å². The normalized spacial score (nSPS) is 10.1. The smallest absolute Gasteiger partial charge is 0.256 e. The minimum Gasteiger partial charge on any atom is -0.493 e. The van der Waals surface area contributed by atoms with Crippen molar-refractivity contribution in [3.05, 3.63) is 53.1 Å². The van der Waals surface area contributed by atoms with Crippen molar-refractivity contribution in [3.63, 3.8) is 0 Å². The lowest BCUT2D eigenvalue weighted by Gasteiger charge is -2.13. The van der Waals surface area contributed by atoms with E-state index in [0.29, 0.717) is 17.1 Å². The van der Waals surface area contributed by atoms with E-state index in [9.17, 15) is 4.79 Å². The summed E-state index contributed by atoms with van der Waals surface area (Å²) in [6.45, 7) is 3.85. The molecule has 110 valence electrons. The van der Waals surface area contributed by atoms with Crippen molar-refractivity contribution in [1.82, 2.24) is 0 Å². The molecule has 0 aliphatic carbocycles. The van der Waals surface area contributed by atoms with Crippen LogP contribution in [0.15, 0.2) is 36.4 Å². The summed E-state index contributed by atoms with van der Waals surface area (Å²) in [7, 11) is 3.12. The first kappa shape index (κ1) is 14.9. The van der Waals surface area contributed by atoms with Gasteiger partial charge in [0, 0.05) is 11.3 Å². The molecule has 1 N–H and O–H groups in total. The van der Waals surface area contributed by atoms with E-state index in [1.165, 1.54) is 0 Å². The highest BCUT2D eigenvalue weighted by Gasteiger charge is 2.14. The van der Waals surface area contributed by atoms with Crippen LogP contribution < -0.4 is 14.8 Å². The molecule has 2 aromatic carbocycles. The summed E-state index contributed by atoms with van der Waals surface area (Å²) < 4.78 is 10.5. The number of nitrogens with one attached hydrogen (secondary N) is 1. The van der Waals surface area contributed by atoms with Crippen LogP contribution in [0.25, 0.3) is 0 Å². The van der Waals surface area contributed by atoms with E-state index in [-0.39, 0.29) is 5.91 Å². The Bertz CT molecular complexity index is 665. The van der Waals surface area contributed by atoms with Crippen molar-refractivity contribution < 1.29 is 14.3 Å². The fourth-order valence-corrected chi connectivity index (χ4v) is 2.15. The van der Waals surface area contributed by atoms with Crippen molar-refractivity contribution in [2.24, 2.45) is 0 Å². The molecule has 0 bridgehead atoms. The van der Waals surface area contributed by atoms with Crippen molar-refractivity contribution >= 4 is 11.6 Å². The molecule has 0 radical (unpaired) electrons. The Balaban J connectivity index is 2.31. The number of benzene rings is 2. The molecule has 4 nitrogen and oxygen atoms in total. The maximum atomic E-state index is 12.4. The number of ether oxygens (including phenoxy) is 2. The first-order valence-electron chi connectivity index (χ1n) is 6.65. The van der Waals surface area contributed by atoms with Crippen LogP contribution >= 0.6 is 0 Å². The summed E-state index contributed by atoms with van der Waals surface area (Å²) in [6, 6.07) is 11.2. The largest absolute Gasteiger partial charge is 0.493 e. The molecule has 0 atom stereocenters. The second kappa shape index (κ2) is 6.31. The molecule has 0 heterocycles. The standard InChI is InChI=1S/C17H19NO3/c1-11-6-5-7-13(8-11)18-17(19)14-10-16(21-4)15(20-3)9-12(14)2/h5-10H,1-4H3,(H,18,19). The van der Waals surface area contributed by atoms with Crippen molar-refractivity contribution in [1.29, 1.82) is 0 Å². The highest BCUT2D eigenvalue weighted by Crippen LogP contribution is 2.30. The number of aryl methyl sites for hydroxylation is 2. The minimum absolute atomic E-state index is 0.168. The monoisotopic (exact) mass is 285 g/mol. The molecular formula is C17H19NO3. The Morgan fingerprint density at radius 3 is 2.29 bits per heavy atom. The predicted octanol–water partition coefficient (Wildman–Crippen LogP) is 3.57. The fraction of sp³-hybridized carbons (Fsp3) is 0.235. The molecule has 4 heteroatoms. The zero-order chi connectivity index (χ0) is 15.4. The molecule has 0 fully saturated rings. The number of carbonyl (C=O) groups is 1. The highest BCUT2D eigenvalue weighted by atomic mass is 16.5. The van der Waals surface area contributed by atoms with E-state index in [2.05, 4.69) is 5.32 Å². The van der Waals surface area contributed by atoms with Gasteiger partial charge in [-0.15, -0.1) is 0 Å². The first-order valence-corrected chi connectivity index (χ1v) is 6.65. The Morgan fingerprint density at radius 1 is 1.00 bits per heavy atom. The van der Waals surface area contributed by atoms with Crippen LogP contribution in [0.3, 0.4) is 0 Å². The number of methoxy groups -OCH3 is 2. The molecule has 2 rings (SSSR count). The van der Waals surface area contributed by atoms with Gasteiger partial charge >= 0.3 is 0 Å². The van der Waals surface area contributed by atoms with Crippen LogP contribution in [0.1, 0.15) is 21.5 Å². The molecule has 1 amide bonds. The maximum Gasteiger partial charge on any atom is 0.256 e. The second-order valence-electron chi connectivity index (χ2n) is 4.85. The summed E-state index contributed by atoms with van der Waals surface area (Å²) in [4.78, 5) is 12.4. The van der Waals surface area contributed by atoms with Crippen LogP contribution in [0.5, 0.6) is 11.5 Å². The number of hydrogen-bond acceptors (Lipinski definition) is 3. The Hall–Kier alpha value is -2.49. The lowest BCUT2D eigenvalue weighted by Crippen LogP contribution is -2.14. The molecule has 2 aromatic rings. The van der Waals surface area contributed by atoms with E-state index in [0.717, 1.165) is 16.8 Å². The first-order chi connectivity index (χ1) is 10.0. The number of hydrogen-bond donors (Lipinski definition) is 1. The molecule has 0 saturated heterocycles. The summed E-state index contributed by atoms with van der Waals surface area (Å²) in [6.07, 6.45) is 0. The molecule has 21 heavy (non-hydrogen) atoms. The van der Waals surface area contributed by atoms with E-state index >= 15 is 0 Å². The Morgan fingerprint density at radius 2 is 1.67 bits per heavy atom. The molecule has 0 spiro atoms. The number of anilines is 1. The Labute approximate surface area is 124 Å². The Kier molecular flexibility index (Phi) is 4.48. The maximum absolute atomic E-state index is 12.4. The van der Waals surface area contributed by atoms with Crippen LogP contribution in [0, 0.1) is 13.8 Å². The highest BCUT2D eigenvalue weighted by molar-refractivity contribution is 6.05. The van der Waals surface area contributed by atoms with Gasteiger partial charge in [0.2, 0.25) is 0 Å².